The number of hydrogen-bond donors (Lipinski definition) is 1. The lowest BCUT2D eigenvalue weighted by Crippen LogP contribution is -2.16. The van der Waals surface area contributed by atoms with Gasteiger partial charge in [-0.25, -0.2) is 4.79 Å². The molecule has 0 bridgehead atoms. The van der Waals surface area contributed by atoms with Crippen LogP contribution in [0.15, 0.2) is 42.0 Å². The normalized spacial score (nSPS) is 10.8. The van der Waals surface area contributed by atoms with Crippen LogP contribution in [0, 0.1) is 40.1 Å². The molecule has 0 saturated heterocycles. The Morgan fingerprint density at radius 1 is 1.18 bits per heavy atom. The number of carbonyl (C=O) groups excluding carboxylic acids is 2. The quantitative estimate of drug-likeness (QED) is 0.129. The topological polar surface area (TPSA) is 121 Å². The highest BCUT2D eigenvalue weighted by molar-refractivity contribution is 14.1. The maximum absolute atomic E-state index is 13.0. The summed E-state index contributed by atoms with van der Waals surface area (Å²) in [5, 5.41) is 22.1. The van der Waals surface area contributed by atoms with Crippen molar-refractivity contribution in [3.63, 3.8) is 0 Å². The van der Waals surface area contributed by atoms with Gasteiger partial charge in [0.05, 0.1) is 34.5 Å². The molecule has 0 unspecified atom stereocenters. The summed E-state index contributed by atoms with van der Waals surface area (Å²) >= 11 is 3.33. The zero-order valence-electron chi connectivity index (χ0n) is 21.2. The number of thiophene rings is 1. The van der Waals surface area contributed by atoms with Crippen LogP contribution in [0.2, 0.25) is 0 Å². The molecule has 0 radical (unpaired) electrons. The lowest BCUT2D eigenvalue weighted by molar-refractivity contribution is -0.112. The first-order valence-electron chi connectivity index (χ1n) is 11.4. The maximum atomic E-state index is 13.0. The van der Waals surface area contributed by atoms with Gasteiger partial charge in [-0.1, -0.05) is 18.2 Å². The van der Waals surface area contributed by atoms with Crippen LogP contribution in [-0.4, -0.2) is 25.6 Å². The smallest absolute Gasteiger partial charge is 0.341 e. The number of amides is 1. The Balaban J connectivity index is 1.87. The van der Waals surface area contributed by atoms with Crippen LogP contribution in [0.25, 0.3) is 6.08 Å². The van der Waals surface area contributed by atoms with Gasteiger partial charge in [0.1, 0.15) is 23.3 Å². The van der Waals surface area contributed by atoms with Crippen molar-refractivity contribution in [1.29, 1.82) is 10.5 Å². The second-order valence-electron chi connectivity index (χ2n) is 7.92. The summed E-state index contributed by atoms with van der Waals surface area (Å²) in [5.41, 5.74) is 2.66. The minimum Gasteiger partial charge on any atom is -0.493 e. The number of nitriles is 2. The van der Waals surface area contributed by atoms with Crippen molar-refractivity contribution in [2.24, 2.45) is 0 Å². The monoisotopic (exact) mass is 641 g/mol. The lowest BCUT2D eigenvalue weighted by Gasteiger charge is -2.14. The van der Waals surface area contributed by atoms with E-state index in [1.54, 1.807) is 38.1 Å². The first-order chi connectivity index (χ1) is 18.2. The van der Waals surface area contributed by atoms with Crippen molar-refractivity contribution >= 4 is 56.9 Å². The fourth-order valence-electron chi connectivity index (χ4n) is 3.52. The molecule has 0 fully saturated rings. The lowest BCUT2D eigenvalue weighted by atomic mass is 10.1. The highest BCUT2D eigenvalue weighted by Crippen LogP contribution is 2.36. The molecule has 3 rings (SSSR count). The van der Waals surface area contributed by atoms with Crippen LogP contribution in [0.4, 0.5) is 5.00 Å². The third-order valence-electron chi connectivity index (χ3n) is 5.53. The molecule has 194 valence electrons. The van der Waals surface area contributed by atoms with E-state index in [2.05, 4.69) is 34.0 Å². The van der Waals surface area contributed by atoms with Gasteiger partial charge in [0.2, 0.25) is 0 Å². The maximum Gasteiger partial charge on any atom is 0.341 e. The molecule has 0 atom stereocenters. The number of halogens is 1. The molecule has 0 saturated carbocycles. The van der Waals surface area contributed by atoms with E-state index in [1.807, 2.05) is 25.1 Å². The summed E-state index contributed by atoms with van der Waals surface area (Å²) in [6.07, 6.45) is 1.44. The van der Waals surface area contributed by atoms with Crippen LogP contribution in [0.5, 0.6) is 11.5 Å². The summed E-state index contributed by atoms with van der Waals surface area (Å²) in [6, 6.07) is 14.6. The average Bonchev–Trinajstić information content (AvgIpc) is 3.18. The number of methoxy groups -OCH3 is 1. The second-order valence-corrected chi connectivity index (χ2v) is 10.3. The van der Waals surface area contributed by atoms with Crippen LogP contribution < -0.4 is 14.8 Å². The predicted octanol–water partition coefficient (Wildman–Crippen LogP) is 6.15. The average molecular weight is 641 g/mol. The van der Waals surface area contributed by atoms with E-state index in [0.29, 0.717) is 31.2 Å². The molecule has 0 aliphatic heterocycles. The number of aryl methyl sites for hydroxylation is 1. The van der Waals surface area contributed by atoms with Gasteiger partial charge >= 0.3 is 5.97 Å². The highest BCUT2D eigenvalue weighted by atomic mass is 127. The molecule has 0 aliphatic carbocycles. The Morgan fingerprint density at radius 3 is 2.58 bits per heavy atom. The minimum atomic E-state index is -0.651. The summed E-state index contributed by atoms with van der Waals surface area (Å²) in [6.45, 7) is 5.70. The molecule has 1 amide bonds. The van der Waals surface area contributed by atoms with Crippen molar-refractivity contribution < 1.29 is 23.8 Å². The Morgan fingerprint density at radius 2 is 1.92 bits per heavy atom. The van der Waals surface area contributed by atoms with Gasteiger partial charge in [-0.15, -0.1) is 11.3 Å². The molecule has 10 heteroatoms. The number of rotatable bonds is 9. The van der Waals surface area contributed by atoms with Gasteiger partial charge in [-0.3, -0.25) is 4.79 Å². The number of benzene rings is 2. The standard InChI is InChI=1S/C28H24IN3O5S/c1-5-36-28(34)24-16(2)17(3)38-27(24)32-26(33)21(14-31)10-18-11-22(29)25(23(12-18)35-4)37-15-20-9-7-6-8-19(20)13-30/h6-12H,5,15H2,1-4H3,(H,32,33)/b21-10+. The van der Waals surface area contributed by atoms with Crippen molar-refractivity contribution in [2.45, 2.75) is 27.4 Å². The van der Waals surface area contributed by atoms with E-state index in [1.165, 1.54) is 24.5 Å². The molecule has 1 heterocycles. The van der Waals surface area contributed by atoms with Crippen LogP contribution in [0.1, 0.15) is 44.4 Å². The number of ether oxygens (including phenoxy) is 3. The SMILES string of the molecule is CCOC(=O)c1c(NC(=O)/C(C#N)=C/c2cc(I)c(OCc3ccccc3C#N)c(OC)c2)sc(C)c1C. The molecule has 1 aromatic heterocycles. The molecule has 0 aliphatic rings. The molecule has 2 aromatic carbocycles. The molecule has 3 aromatic rings. The van der Waals surface area contributed by atoms with Gasteiger partial charge in [-0.05, 0) is 78.8 Å². The first kappa shape index (κ1) is 28.7. The van der Waals surface area contributed by atoms with E-state index >= 15 is 0 Å². The van der Waals surface area contributed by atoms with Crippen molar-refractivity contribution in [1.82, 2.24) is 0 Å². The van der Waals surface area contributed by atoms with Crippen LogP contribution >= 0.6 is 33.9 Å². The Bertz CT molecular complexity index is 1500. The van der Waals surface area contributed by atoms with Gasteiger partial charge < -0.3 is 19.5 Å². The largest absolute Gasteiger partial charge is 0.493 e. The van der Waals surface area contributed by atoms with Gasteiger partial charge in [0.25, 0.3) is 5.91 Å². The summed E-state index contributed by atoms with van der Waals surface area (Å²) in [7, 11) is 1.49. The molecular formula is C28H24IN3O5S. The summed E-state index contributed by atoms with van der Waals surface area (Å²) in [5.74, 6) is -0.296. The van der Waals surface area contributed by atoms with E-state index < -0.39 is 11.9 Å². The fraction of sp³-hybridized carbons (Fsp3) is 0.214. The van der Waals surface area contributed by atoms with Crippen LogP contribution in [-0.2, 0) is 16.1 Å². The summed E-state index contributed by atoms with van der Waals surface area (Å²) < 4.78 is 17.3. The number of nitrogens with zero attached hydrogens (tertiary/aromatic N) is 2. The molecular weight excluding hydrogens is 617 g/mol. The molecule has 1 N–H and O–H groups in total. The minimum absolute atomic E-state index is 0.155. The van der Waals surface area contributed by atoms with E-state index in [9.17, 15) is 20.1 Å². The number of esters is 1. The first-order valence-corrected chi connectivity index (χ1v) is 13.3. The fourth-order valence-corrected chi connectivity index (χ4v) is 5.34. The third kappa shape index (κ3) is 6.52. The Hall–Kier alpha value is -3.87. The second kappa shape index (κ2) is 13.1. The predicted molar refractivity (Wildman–Crippen MR) is 153 cm³/mol. The third-order valence-corrected chi connectivity index (χ3v) is 7.45. The van der Waals surface area contributed by atoms with Crippen molar-refractivity contribution in [2.75, 3.05) is 19.0 Å². The number of nitrogens with one attached hydrogen (secondary N) is 1. The zero-order valence-corrected chi connectivity index (χ0v) is 24.2. The van der Waals surface area contributed by atoms with Crippen molar-refractivity contribution in [3.05, 3.63) is 78.2 Å². The Kier molecular flexibility index (Phi) is 9.88. The summed E-state index contributed by atoms with van der Waals surface area (Å²) in [4.78, 5) is 26.3. The van der Waals surface area contributed by atoms with Gasteiger partial charge in [0, 0.05) is 10.4 Å². The van der Waals surface area contributed by atoms with Gasteiger partial charge in [0.15, 0.2) is 11.5 Å². The van der Waals surface area contributed by atoms with Gasteiger partial charge in [-0.2, -0.15) is 10.5 Å². The molecule has 0 spiro atoms. The van der Waals surface area contributed by atoms with Crippen molar-refractivity contribution in [3.8, 4) is 23.6 Å². The van der Waals surface area contributed by atoms with Crippen LogP contribution in [0.3, 0.4) is 0 Å². The molecule has 8 nitrogen and oxygen atoms in total. The van der Waals surface area contributed by atoms with E-state index in [-0.39, 0.29) is 24.4 Å². The Labute approximate surface area is 238 Å². The van der Waals surface area contributed by atoms with E-state index in [4.69, 9.17) is 14.2 Å². The zero-order chi connectivity index (χ0) is 27.8. The number of carbonyl (C=O) groups is 2. The number of anilines is 1. The van der Waals surface area contributed by atoms with E-state index in [0.717, 1.165) is 16.0 Å². The molecule has 38 heavy (non-hydrogen) atoms. The number of hydrogen-bond acceptors (Lipinski definition) is 8. The highest BCUT2D eigenvalue weighted by Gasteiger charge is 2.23.